The maximum absolute atomic E-state index is 12.9. The normalized spacial score (nSPS) is 15.3. The Kier molecular flexibility index (Phi) is 5.83. The van der Waals surface area contributed by atoms with Crippen LogP contribution in [0.5, 0.6) is 5.75 Å². The molecule has 4 nitrogen and oxygen atoms in total. The number of amides is 1. The van der Waals surface area contributed by atoms with Crippen LogP contribution in [0.4, 0.5) is 4.39 Å². The molecule has 0 saturated carbocycles. The van der Waals surface area contributed by atoms with Crippen molar-refractivity contribution in [3.63, 3.8) is 0 Å². The Morgan fingerprint density at radius 3 is 2.48 bits per heavy atom. The van der Waals surface area contributed by atoms with Gasteiger partial charge in [-0.05, 0) is 48.0 Å². The lowest BCUT2D eigenvalue weighted by Gasteiger charge is -2.10. The Hall–Kier alpha value is -2.77. The molecular weight excluding hydrogens is 385 g/mol. The van der Waals surface area contributed by atoms with Crippen molar-refractivity contribution < 1.29 is 18.7 Å². The summed E-state index contributed by atoms with van der Waals surface area (Å²) < 4.78 is 18.7. The molecule has 0 atom stereocenters. The number of benzene rings is 2. The van der Waals surface area contributed by atoms with Crippen LogP contribution >= 0.6 is 24.0 Å². The van der Waals surface area contributed by atoms with Crippen LogP contribution in [0.2, 0.25) is 0 Å². The van der Waals surface area contributed by atoms with Gasteiger partial charge in [-0.15, -0.1) is 6.58 Å². The molecule has 0 spiro atoms. The highest BCUT2D eigenvalue weighted by Gasteiger charge is 2.30. The molecule has 0 unspecified atom stereocenters. The van der Waals surface area contributed by atoms with Crippen LogP contribution in [0, 0.1) is 5.82 Å². The molecule has 7 heteroatoms. The molecule has 1 amide bonds. The molecule has 0 radical (unpaired) electrons. The van der Waals surface area contributed by atoms with E-state index in [0.717, 1.165) is 5.56 Å². The average molecular weight is 399 g/mol. The summed E-state index contributed by atoms with van der Waals surface area (Å²) in [7, 11) is 0. The van der Waals surface area contributed by atoms with Gasteiger partial charge in [-0.1, -0.05) is 42.2 Å². The maximum atomic E-state index is 12.9. The number of carbonyl (C=O) groups excluding carboxylic acids is 2. The topological polar surface area (TPSA) is 46.6 Å². The fourth-order valence-corrected chi connectivity index (χ4v) is 3.60. The third-order valence-electron chi connectivity index (χ3n) is 3.65. The molecule has 1 heterocycles. The molecule has 136 valence electrons. The van der Waals surface area contributed by atoms with Gasteiger partial charge in [0, 0.05) is 6.54 Å². The van der Waals surface area contributed by atoms with Crippen LogP contribution in [-0.2, 0) is 4.79 Å². The smallest absolute Gasteiger partial charge is 0.343 e. The Labute approximate surface area is 165 Å². The average Bonchev–Trinajstić information content (AvgIpc) is 2.91. The number of ether oxygens (including phenoxy) is 1. The van der Waals surface area contributed by atoms with E-state index >= 15 is 0 Å². The number of esters is 1. The number of thiocarbonyl (C=S) groups is 1. The standard InChI is InChI=1S/C20H14FNO3S2/c1-2-11-22-18(23)17(27-20(22)26)12-13-3-9-16(10-4-13)25-19(24)14-5-7-15(21)8-6-14/h2-10,12H,1,11H2/b17-12+. The van der Waals surface area contributed by atoms with Crippen molar-refractivity contribution in [2.45, 2.75) is 0 Å². The predicted molar refractivity (Wildman–Crippen MR) is 108 cm³/mol. The minimum Gasteiger partial charge on any atom is -0.423 e. The van der Waals surface area contributed by atoms with E-state index in [1.807, 2.05) is 0 Å². The molecule has 0 N–H and O–H groups in total. The first kappa shape index (κ1) is 19.0. The highest BCUT2D eigenvalue weighted by atomic mass is 32.2. The van der Waals surface area contributed by atoms with Crippen molar-refractivity contribution >= 4 is 46.3 Å². The van der Waals surface area contributed by atoms with Gasteiger partial charge in [0.1, 0.15) is 15.9 Å². The second-order valence-corrected chi connectivity index (χ2v) is 7.22. The van der Waals surface area contributed by atoms with Crippen LogP contribution in [0.15, 0.2) is 66.1 Å². The summed E-state index contributed by atoms with van der Waals surface area (Å²) in [6.45, 7) is 3.99. The third kappa shape index (κ3) is 4.50. The zero-order chi connectivity index (χ0) is 19.4. The van der Waals surface area contributed by atoms with Crippen molar-refractivity contribution in [2.75, 3.05) is 6.54 Å². The van der Waals surface area contributed by atoms with Crippen LogP contribution in [0.25, 0.3) is 6.08 Å². The molecule has 0 aromatic heterocycles. The lowest BCUT2D eigenvalue weighted by atomic mass is 10.2. The monoisotopic (exact) mass is 399 g/mol. The number of hydrogen-bond acceptors (Lipinski definition) is 5. The number of nitrogens with zero attached hydrogens (tertiary/aromatic N) is 1. The molecule has 3 rings (SSSR count). The summed E-state index contributed by atoms with van der Waals surface area (Å²) >= 11 is 6.43. The molecule has 1 aliphatic heterocycles. The molecule has 1 fully saturated rings. The summed E-state index contributed by atoms with van der Waals surface area (Å²) in [4.78, 5) is 26.4. The Balaban J connectivity index is 1.69. The Morgan fingerprint density at radius 2 is 1.85 bits per heavy atom. The molecule has 0 aliphatic carbocycles. The van der Waals surface area contributed by atoms with Crippen LogP contribution in [0.1, 0.15) is 15.9 Å². The maximum Gasteiger partial charge on any atom is 0.343 e. The van der Waals surface area contributed by atoms with E-state index in [0.29, 0.717) is 21.5 Å². The second kappa shape index (κ2) is 8.28. The van der Waals surface area contributed by atoms with Crippen molar-refractivity contribution in [3.05, 3.63) is 83.0 Å². The number of thioether (sulfide) groups is 1. The van der Waals surface area contributed by atoms with Crippen molar-refractivity contribution in [2.24, 2.45) is 0 Å². The summed E-state index contributed by atoms with van der Waals surface area (Å²) in [5.41, 5.74) is 1.03. The van der Waals surface area contributed by atoms with E-state index in [2.05, 4.69) is 6.58 Å². The van der Waals surface area contributed by atoms with E-state index in [1.165, 1.54) is 40.9 Å². The first-order valence-electron chi connectivity index (χ1n) is 7.92. The highest BCUT2D eigenvalue weighted by molar-refractivity contribution is 8.26. The molecule has 0 bridgehead atoms. The van der Waals surface area contributed by atoms with Gasteiger partial charge in [0.25, 0.3) is 5.91 Å². The lowest BCUT2D eigenvalue weighted by molar-refractivity contribution is -0.121. The molecule has 1 saturated heterocycles. The number of halogens is 1. The fraction of sp³-hybridized carbons (Fsp3) is 0.0500. The number of carbonyl (C=O) groups is 2. The van der Waals surface area contributed by atoms with Gasteiger partial charge in [0.15, 0.2) is 0 Å². The highest BCUT2D eigenvalue weighted by Crippen LogP contribution is 2.32. The van der Waals surface area contributed by atoms with Gasteiger partial charge < -0.3 is 4.74 Å². The van der Waals surface area contributed by atoms with Gasteiger partial charge in [-0.2, -0.15) is 0 Å². The van der Waals surface area contributed by atoms with Crippen molar-refractivity contribution in [1.29, 1.82) is 0 Å². The molecular formula is C20H14FNO3S2. The fourth-order valence-electron chi connectivity index (χ4n) is 2.32. The quantitative estimate of drug-likeness (QED) is 0.245. The van der Waals surface area contributed by atoms with E-state index in [1.54, 1.807) is 36.4 Å². The van der Waals surface area contributed by atoms with Crippen LogP contribution in [-0.4, -0.2) is 27.6 Å². The second-order valence-electron chi connectivity index (χ2n) is 5.55. The van der Waals surface area contributed by atoms with E-state index in [4.69, 9.17) is 17.0 Å². The van der Waals surface area contributed by atoms with Gasteiger partial charge >= 0.3 is 5.97 Å². The van der Waals surface area contributed by atoms with E-state index in [-0.39, 0.29) is 11.5 Å². The molecule has 27 heavy (non-hydrogen) atoms. The SMILES string of the molecule is C=CCN1C(=O)/C(=C\c2ccc(OC(=O)c3ccc(F)cc3)cc2)SC1=S. The van der Waals surface area contributed by atoms with Gasteiger partial charge in [0.05, 0.1) is 10.5 Å². The molecule has 2 aromatic rings. The summed E-state index contributed by atoms with van der Waals surface area (Å²) in [5.74, 6) is -0.806. The molecule has 1 aliphatic rings. The van der Waals surface area contributed by atoms with Crippen LogP contribution < -0.4 is 4.74 Å². The van der Waals surface area contributed by atoms with Crippen LogP contribution in [0.3, 0.4) is 0 Å². The van der Waals surface area contributed by atoms with Crippen molar-refractivity contribution in [1.82, 2.24) is 4.90 Å². The number of rotatable bonds is 5. The van der Waals surface area contributed by atoms with Crippen molar-refractivity contribution in [3.8, 4) is 5.75 Å². The van der Waals surface area contributed by atoms with Gasteiger partial charge in [-0.25, -0.2) is 9.18 Å². The first-order valence-corrected chi connectivity index (χ1v) is 9.14. The molecule has 2 aromatic carbocycles. The lowest BCUT2D eigenvalue weighted by Crippen LogP contribution is -2.27. The Bertz CT molecular complexity index is 937. The first-order chi connectivity index (χ1) is 13.0. The Morgan fingerprint density at radius 1 is 1.19 bits per heavy atom. The summed E-state index contributed by atoms with van der Waals surface area (Å²) in [6, 6.07) is 11.8. The van der Waals surface area contributed by atoms with E-state index < -0.39 is 11.8 Å². The van der Waals surface area contributed by atoms with Gasteiger partial charge in [-0.3, -0.25) is 9.69 Å². The van der Waals surface area contributed by atoms with E-state index in [9.17, 15) is 14.0 Å². The zero-order valence-corrected chi connectivity index (χ0v) is 15.7. The van der Waals surface area contributed by atoms with Gasteiger partial charge in [0.2, 0.25) is 0 Å². The summed E-state index contributed by atoms with van der Waals surface area (Å²) in [6.07, 6.45) is 3.35. The zero-order valence-electron chi connectivity index (χ0n) is 14.1. The largest absolute Gasteiger partial charge is 0.423 e. The third-order valence-corrected chi connectivity index (χ3v) is 5.03. The summed E-state index contributed by atoms with van der Waals surface area (Å²) in [5, 5.41) is 0. The predicted octanol–water partition coefficient (Wildman–Crippen LogP) is 4.43. The minimum atomic E-state index is -0.576. The minimum absolute atomic E-state index is 0.156. The number of hydrogen-bond donors (Lipinski definition) is 0.